The van der Waals surface area contributed by atoms with E-state index in [-0.39, 0.29) is 5.69 Å². The van der Waals surface area contributed by atoms with Crippen LogP contribution in [0, 0.1) is 0 Å². The minimum Gasteiger partial charge on any atom is -0.316 e. The maximum absolute atomic E-state index is 11.7. The van der Waals surface area contributed by atoms with Crippen molar-refractivity contribution >= 4 is 11.8 Å². The van der Waals surface area contributed by atoms with Gasteiger partial charge in [-0.1, -0.05) is 6.07 Å². The highest BCUT2D eigenvalue weighted by Gasteiger charge is 2.28. The van der Waals surface area contributed by atoms with E-state index in [4.69, 9.17) is 0 Å². The van der Waals surface area contributed by atoms with Gasteiger partial charge in [-0.15, -0.1) is 5.10 Å². The summed E-state index contributed by atoms with van der Waals surface area (Å²) >= 11 is 1.42. The number of hydrogen-bond donors (Lipinski definition) is 2. The molecule has 7 heteroatoms. The van der Waals surface area contributed by atoms with Gasteiger partial charge in [-0.25, -0.2) is 14.9 Å². The molecule has 0 aromatic carbocycles. The maximum atomic E-state index is 11.7. The second-order valence-electron chi connectivity index (χ2n) is 4.55. The molecule has 1 saturated carbocycles. The van der Waals surface area contributed by atoms with Gasteiger partial charge in [0.15, 0.2) is 5.16 Å². The van der Waals surface area contributed by atoms with Crippen molar-refractivity contribution in [3.05, 3.63) is 34.4 Å². The SMILES string of the molecule is CNCc1ccc(Sc2n[nH]c(=O)n2C2CC2)nc1. The summed E-state index contributed by atoms with van der Waals surface area (Å²) in [5.41, 5.74) is 1.00. The van der Waals surface area contributed by atoms with Crippen LogP contribution in [0.1, 0.15) is 24.4 Å². The number of hydrogen-bond acceptors (Lipinski definition) is 5. The highest BCUT2D eigenvalue weighted by Crippen LogP contribution is 2.37. The first-order valence-corrected chi connectivity index (χ1v) is 7.04. The van der Waals surface area contributed by atoms with Crippen molar-refractivity contribution in [1.82, 2.24) is 25.1 Å². The van der Waals surface area contributed by atoms with Crippen LogP contribution in [0.4, 0.5) is 0 Å². The molecule has 0 aliphatic heterocycles. The highest BCUT2D eigenvalue weighted by atomic mass is 32.2. The van der Waals surface area contributed by atoms with E-state index in [1.165, 1.54) is 11.8 Å². The fourth-order valence-corrected chi connectivity index (χ4v) is 2.74. The van der Waals surface area contributed by atoms with Gasteiger partial charge in [0.1, 0.15) is 5.03 Å². The molecule has 0 bridgehead atoms. The summed E-state index contributed by atoms with van der Waals surface area (Å²) in [6.45, 7) is 0.799. The smallest absolute Gasteiger partial charge is 0.316 e. The molecular weight excluding hydrogens is 262 g/mol. The van der Waals surface area contributed by atoms with E-state index in [1.54, 1.807) is 4.57 Å². The Bertz CT molecular complexity index is 614. The summed E-state index contributed by atoms with van der Waals surface area (Å²) in [5, 5.41) is 11.2. The third-order valence-corrected chi connectivity index (χ3v) is 3.88. The predicted molar refractivity (Wildman–Crippen MR) is 72.2 cm³/mol. The van der Waals surface area contributed by atoms with Crippen LogP contribution in [0.3, 0.4) is 0 Å². The Kier molecular flexibility index (Phi) is 3.39. The zero-order chi connectivity index (χ0) is 13.2. The van der Waals surface area contributed by atoms with Crippen molar-refractivity contribution in [2.75, 3.05) is 7.05 Å². The summed E-state index contributed by atoms with van der Waals surface area (Å²) in [6, 6.07) is 4.29. The molecule has 2 heterocycles. The topological polar surface area (TPSA) is 75.6 Å². The maximum Gasteiger partial charge on any atom is 0.344 e. The van der Waals surface area contributed by atoms with Gasteiger partial charge in [0.25, 0.3) is 0 Å². The van der Waals surface area contributed by atoms with Crippen molar-refractivity contribution in [3.63, 3.8) is 0 Å². The molecule has 19 heavy (non-hydrogen) atoms. The van der Waals surface area contributed by atoms with Gasteiger partial charge >= 0.3 is 5.69 Å². The number of nitrogens with one attached hydrogen (secondary N) is 2. The molecule has 0 amide bonds. The molecule has 0 unspecified atom stereocenters. The minimum absolute atomic E-state index is 0.128. The van der Waals surface area contributed by atoms with Crippen molar-refractivity contribution < 1.29 is 0 Å². The van der Waals surface area contributed by atoms with Crippen molar-refractivity contribution in [1.29, 1.82) is 0 Å². The summed E-state index contributed by atoms with van der Waals surface area (Å²) in [6.07, 6.45) is 3.95. The van der Waals surface area contributed by atoms with E-state index in [0.29, 0.717) is 11.2 Å². The monoisotopic (exact) mass is 277 g/mol. The lowest BCUT2D eigenvalue weighted by Crippen LogP contribution is -2.16. The Hall–Kier alpha value is -1.60. The van der Waals surface area contributed by atoms with Crippen LogP contribution in [0.25, 0.3) is 0 Å². The van der Waals surface area contributed by atoms with Gasteiger partial charge in [-0.2, -0.15) is 0 Å². The zero-order valence-electron chi connectivity index (χ0n) is 10.6. The molecule has 1 aliphatic rings. The molecule has 100 valence electrons. The molecule has 2 aromatic heterocycles. The van der Waals surface area contributed by atoms with Crippen LogP contribution in [0.2, 0.25) is 0 Å². The van der Waals surface area contributed by atoms with E-state index in [9.17, 15) is 4.79 Å². The number of pyridine rings is 1. The largest absolute Gasteiger partial charge is 0.344 e. The Morgan fingerprint density at radius 2 is 2.37 bits per heavy atom. The molecule has 0 spiro atoms. The summed E-state index contributed by atoms with van der Waals surface area (Å²) in [4.78, 5) is 16.0. The molecule has 2 aromatic rings. The number of aromatic nitrogens is 4. The lowest BCUT2D eigenvalue weighted by Gasteiger charge is -2.04. The van der Waals surface area contributed by atoms with Crippen molar-refractivity contribution in [2.24, 2.45) is 0 Å². The zero-order valence-corrected chi connectivity index (χ0v) is 11.4. The fraction of sp³-hybridized carbons (Fsp3) is 0.417. The highest BCUT2D eigenvalue weighted by molar-refractivity contribution is 7.99. The average molecular weight is 277 g/mol. The van der Waals surface area contributed by atoms with E-state index in [1.807, 2.05) is 25.4 Å². The van der Waals surface area contributed by atoms with Gasteiger partial charge in [0.2, 0.25) is 0 Å². The van der Waals surface area contributed by atoms with Crippen LogP contribution in [0.15, 0.2) is 33.3 Å². The summed E-state index contributed by atoms with van der Waals surface area (Å²) < 4.78 is 1.73. The van der Waals surface area contributed by atoms with Crippen molar-refractivity contribution in [3.8, 4) is 0 Å². The van der Waals surface area contributed by atoms with E-state index in [0.717, 1.165) is 30.0 Å². The van der Waals surface area contributed by atoms with Crippen LogP contribution >= 0.6 is 11.8 Å². The van der Waals surface area contributed by atoms with Gasteiger partial charge in [0, 0.05) is 18.8 Å². The van der Waals surface area contributed by atoms with Crippen LogP contribution in [-0.4, -0.2) is 26.8 Å². The Labute approximate surface area is 114 Å². The molecule has 0 saturated heterocycles. The van der Waals surface area contributed by atoms with E-state index < -0.39 is 0 Å². The van der Waals surface area contributed by atoms with Crippen LogP contribution in [0.5, 0.6) is 0 Å². The average Bonchev–Trinajstić information content (AvgIpc) is 3.18. The lowest BCUT2D eigenvalue weighted by molar-refractivity contribution is 0.642. The minimum atomic E-state index is -0.128. The van der Waals surface area contributed by atoms with Crippen LogP contribution in [-0.2, 0) is 6.54 Å². The Balaban J connectivity index is 1.79. The number of aromatic amines is 1. The summed E-state index contributed by atoms with van der Waals surface area (Å²) in [5.74, 6) is 0. The van der Waals surface area contributed by atoms with Crippen molar-refractivity contribution in [2.45, 2.75) is 35.6 Å². The third-order valence-electron chi connectivity index (χ3n) is 2.96. The molecule has 2 N–H and O–H groups in total. The first-order chi connectivity index (χ1) is 9.28. The predicted octanol–water partition coefficient (Wildman–Crippen LogP) is 1.17. The Morgan fingerprint density at radius 1 is 1.53 bits per heavy atom. The Morgan fingerprint density at radius 3 is 3.00 bits per heavy atom. The van der Waals surface area contributed by atoms with Gasteiger partial charge in [-0.05, 0) is 43.3 Å². The third kappa shape index (κ3) is 2.71. The molecular formula is C12H15N5OS. The molecule has 6 nitrogen and oxygen atoms in total. The summed E-state index contributed by atoms with van der Waals surface area (Å²) in [7, 11) is 1.90. The van der Waals surface area contributed by atoms with Crippen LogP contribution < -0.4 is 11.0 Å². The fourth-order valence-electron chi connectivity index (χ4n) is 1.89. The normalized spacial score (nSPS) is 14.8. The van der Waals surface area contributed by atoms with Gasteiger partial charge in [0.05, 0.1) is 0 Å². The molecule has 3 rings (SSSR count). The lowest BCUT2D eigenvalue weighted by atomic mass is 10.3. The molecule has 0 radical (unpaired) electrons. The van der Waals surface area contributed by atoms with E-state index >= 15 is 0 Å². The van der Waals surface area contributed by atoms with E-state index in [2.05, 4.69) is 20.5 Å². The second kappa shape index (κ2) is 5.18. The first kappa shape index (κ1) is 12.4. The van der Waals surface area contributed by atoms with Gasteiger partial charge < -0.3 is 5.32 Å². The molecule has 1 fully saturated rings. The number of nitrogens with zero attached hydrogens (tertiary/aromatic N) is 3. The molecule has 0 atom stereocenters. The standard InChI is InChI=1S/C12H15N5OS/c1-13-6-8-2-5-10(14-7-8)19-12-16-15-11(18)17(12)9-3-4-9/h2,5,7,9,13H,3-4,6H2,1H3,(H,15,18). The number of rotatable bonds is 5. The second-order valence-corrected chi connectivity index (χ2v) is 5.54. The quantitative estimate of drug-likeness (QED) is 0.858. The van der Waals surface area contributed by atoms with Gasteiger partial charge in [-0.3, -0.25) is 4.57 Å². The molecule has 1 aliphatic carbocycles. The number of H-pyrrole nitrogens is 1. The first-order valence-electron chi connectivity index (χ1n) is 6.22.